The number of aliphatic carboxylic acids is 3. The Labute approximate surface area is 223 Å². The summed E-state index contributed by atoms with van der Waals surface area (Å²) in [5.74, 6) is -7.69. The third-order valence-electron chi connectivity index (χ3n) is 5.33. The number of benzene rings is 1. The Hall–Kier alpha value is -4.53. The maximum absolute atomic E-state index is 13.0. The molecule has 0 radical (unpaired) electrons. The van der Waals surface area contributed by atoms with Gasteiger partial charge in [0.1, 0.15) is 24.2 Å². The van der Waals surface area contributed by atoms with E-state index < -0.39 is 98.0 Å². The van der Waals surface area contributed by atoms with E-state index in [9.17, 15) is 43.8 Å². The topological polar surface area (TPSA) is 249 Å². The Bertz CT molecular complexity index is 1050. The van der Waals surface area contributed by atoms with Crippen LogP contribution in [0.3, 0.4) is 0 Å². The minimum absolute atomic E-state index is 0.0497. The summed E-state index contributed by atoms with van der Waals surface area (Å²) in [6.07, 6.45) is -1.97. The summed E-state index contributed by atoms with van der Waals surface area (Å²) in [6, 6.07) is 2.64. The molecule has 8 N–H and O–H groups in total. The fraction of sp³-hybridized carbons (Fsp3) is 0.458. The minimum atomic E-state index is -1.70. The third kappa shape index (κ3) is 12.5. The molecule has 15 heteroatoms. The highest BCUT2D eigenvalue weighted by Gasteiger charge is 2.31. The van der Waals surface area contributed by atoms with Gasteiger partial charge in [-0.25, -0.2) is 4.79 Å². The van der Waals surface area contributed by atoms with Crippen LogP contribution in [0.4, 0.5) is 0 Å². The molecule has 39 heavy (non-hydrogen) atoms. The molecular formula is C24H32N4O11. The summed E-state index contributed by atoms with van der Waals surface area (Å²) in [4.78, 5) is 83.2. The molecule has 0 saturated heterocycles. The first-order chi connectivity index (χ1) is 18.3. The maximum atomic E-state index is 13.0. The van der Waals surface area contributed by atoms with Crippen LogP contribution >= 0.6 is 0 Å². The lowest BCUT2D eigenvalue weighted by molar-refractivity contribution is -0.143. The molecule has 1 rings (SSSR count). The van der Waals surface area contributed by atoms with Crippen LogP contribution in [0.1, 0.15) is 38.2 Å². The second kappa shape index (κ2) is 16.3. The summed E-state index contributed by atoms with van der Waals surface area (Å²) < 4.78 is 0. The Kier molecular flexibility index (Phi) is 13.6. The molecule has 0 unspecified atom stereocenters. The van der Waals surface area contributed by atoms with E-state index in [2.05, 4.69) is 16.0 Å². The van der Waals surface area contributed by atoms with Gasteiger partial charge in [-0.1, -0.05) is 30.3 Å². The first kappa shape index (κ1) is 32.5. The number of carbonyl (C=O) groups is 7. The Morgan fingerprint density at radius 3 is 1.62 bits per heavy atom. The van der Waals surface area contributed by atoms with Crippen molar-refractivity contribution in [3.05, 3.63) is 35.9 Å². The van der Waals surface area contributed by atoms with Gasteiger partial charge in [-0.2, -0.15) is 0 Å². The number of carboxylic acid groups (broad SMARTS) is 3. The number of amides is 4. The summed E-state index contributed by atoms with van der Waals surface area (Å²) in [5, 5.41) is 45.6. The molecule has 1 aromatic rings. The molecule has 214 valence electrons. The van der Waals surface area contributed by atoms with Crippen molar-refractivity contribution in [2.75, 3.05) is 6.61 Å². The van der Waals surface area contributed by atoms with Gasteiger partial charge in [0.05, 0.1) is 6.61 Å². The molecule has 1 aromatic carbocycles. The van der Waals surface area contributed by atoms with Crippen molar-refractivity contribution in [2.24, 2.45) is 0 Å². The summed E-state index contributed by atoms with van der Waals surface area (Å²) in [6.45, 7) is 0.191. The lowest BCUT2D eigenvalue weighted by Crippen LogP contribution is -2.58. The second-order valence-electron chi connectivity index (χ2n) is 8.51. The minimum Gasteiger partial charge on any atom is -0.481 e. The monoisotopic (exact) mass is 552 g/mol. The van der Waals surface area contributed by atoms with E-state index in [1.807, 2.05) is 5.32 Å². The van der Waals surface area contributed by atoms with Gasteiger partial charge < -0.3 is 41.7 Å². The van der Waals surface area contributed by atoms with Gasteiger partial charge in [0.2, 0.25) is 23.6 Å². The quantitative estimate of drug-likeness (QED) is 0.105. The van der Waals surface area contributed by atoms with E-state index in [1.165, 1.54) is 6.92 Å². The van der Waals surface area contributed by atoms with Gasteiger partial charge >= 0.3 is 17.9 Å². The highest BCUT2D eigenvalue weighted by molar-refractivity contribution is 5.95. The Morgan fingerprint density at radius 2 is 1.13 bits per heavy atom. The average Bonchev–Trinajstić information content (AvgIpc) is 2.86. The number of aliphatic hydroxyl groups is 1. The van der Waals surface area contributed by atoms with Crippen molar-refractivity contribution in [3.63, 3.8) is 0 Å². The number of carboxylic acids is 3. The molecule has 0 bridgehead atoms. The molecule has 4 atom stereocenters. The lowest BCUT2D eigenvalue weighted by atomic mass is 10.0. The molecule has 15 nitrogen and oxygen atoms in total. The Balaban J connectivity index is 3.02. The summed E-state index contributed by atoms with van der Waals surface area (Å²) in [7, 11) is 0. The van der Waals surface area contributed by atoms with Crippen LogP contribution in [0.5, 0.6) is 0 Å². The van der Waals surface area contributed by atoms with Crippen LogP contribution in [0, 0.1) is 0 Å². The van der Waals surface area contributed by atoms with E-state index in [1.54, 1.807) is 30.3 Å². The number of carbonyl (C=O) groups excluding carboxylic acids is 4. The van der Waals surface area contributed by atoms with Crippen LogP contribution in [0.25, 0.3) is 0 Å². The summed E-state index contributed by atoms with van der Waals surface area (Å²) >= 11 is 0. The first-order valence-electron chi connectivity index (χ1n) is 11.8. The van der Waals surface area contributed by atoms with Crippen molar-refractivity contribution in [3.8, 4) is 0 Å². The standard InChI is InChI=1S/C24H32N4O11/c1-13(30)25-17(11-14-5-3-2-4-6-14)22(36)26-15(7-9-19(31)32)21(35)28-18(12-29)23(37)27-16(24(38)39)8-10-20(33)34/h2-6,15-18,29H,7-12H2,1H3,(H,25,30)(H,26,36)(H,27,37)(H,28,35)(H,31,32)(H,33,34)(H,38,39)/t15-,16-,17-,18-/m0/s1. The first-order valence-corrected chi connectivity index (χ1v) is 11.8. The lowest BCUT2D eigenvalue weighted by Gasteiger charge is -2.25. The molecule has 0 aliphatic carbocycles. The maximum Gasteiger partial charge on any atom is 0.326 e. The SMILES string of the molecule is CC(=O)N[C@@H](Cc1ccccc1)C(=O)N[C@@H](CCC(=O)O)C(=O)N[C@@H](CO)C(=O)N[C@@H](CCC(=O)O)C(=O)O. The normalized spacial score (nSPS) is 13.6. The van der Waals surface area contributed by atoms with E-state index in [4.69, 9.17) is 10.2 Å². The predicted octanol–water partition coefficient (Wildman–Crippen LogP) is -2.01. The summed E-state index contributed by atoms with van der Waals surface area (Å²) in [5.41, 5.74) is 0.686. The number of aliphatic hydroxyl groups excluding tert-OH is 1. The van der Waals surface area contributed by atoms with Gasteiger partial charge in [0.25, 0.3) is 0 Å². The largest absolute Gasteiger partial charge is 0.481 e. The number of hydrogen-bond donors (Lipinski definition) is 8. The third-order valence-corrected chi connectivity index (χ3v) is 5.33. The van der Waals surface area contributed by atoms with Crippen LogP contribution < -0.4 is 21.3 Å². The zero-order valence-electron chi connectivity index (χ0n) is 21.1. The van der Waals surface area contributed by atoms with Crippen molar-refractivity contribution < 1.29 is 54.0 Å². The molecule has 0 fully saturated rings. The fourth-order valence-corrected chi connectivity index (χ4v) is 3.38. The van der Waals surface area contributed by atoms with Gasteiger partial charge in [-0.3, -0.25) is 28.8 Å². The van der Waals surface area contributed by atoms with E-state index in [-0.39, 0.29) is 6.42 Å². The van der Waals surface area contributed by atoms with E-state index in [0.717, 1.165) is 0 Å². The van der Waals surface area contributed by atoms with Crippen molar-refractivity contribution in [1.29, 1.82) is 0 Å². The van der Waals surface area contributed by atoms with Gasteiger partial charge in [-0.05, 0) is 18.4 Å². The van der Waals surface area contributed by atoms with Crippen LogP contribution in [0.15, 0.2) is 30.3 Å². The molecule has 0 aromatic heterocycles. The molecule has 4 amide bonds. The number of nitrogens with one attached hydrogen (secondary N) is 4. The van der Waals surface area contributed by atoms with Crippen LogP contribution in [-0.2, 0) is 40.0 Å². The van der Waals surface area contributed by atoms with E-state index >= 15 is 0 Å². The number of rotatable bonds is 17. The smallest absolute Gasteiger partial charge is 0.326 e. The fourth-order valence-electron chi connectivity index (χ4n) is 3.38. The molecular weight excluding hydrogens is 520 g/mol. The van der Waals surface area contributed by atoms with Crippen molar-refractivity contribution in [2.45, 2.75) is 63.2 Å². The van der Waals surface area contributed by atoms with Gasteiger partial charge in [0.15, 0.2) is 0 Å². The zero-order valence-corrected chi connectivity index (χ0v) is 21.1. The van der Waals surface area contributed by atoms with Crippen molar-refractivity contribution >= 4 is 41.5 Å². The van der Waals surface area contributed by atoms with Crippen molar-refractivity contribution in [1.82, 2.24) is 21.3 Å². The highest BCUT2D eigenvalue weighted by atomic mass is 16.4. The Morgan fingerprint density at radius 1 is 0.667 bits per heavy atom. The number of hydrogen-bond acceptors (Lipinski definition) is 8. The van der Waals surface area contributed by atoms with Gasteiger partial charge in [-0.15, -0.1) is 0 Å². The van der Waals surface area contributed by atoms with Gasteiger partial charge in [0, 0.05) is 26.2 Å². The zero-order chi connectivity index (χ0) is 29.5. The van der Waals surface area contributed by atoms with E-state index in [0.29, 0.717) is 5.56 Å². The molecule has 0 heterocycles. The molecule has 0 aliphatic rings. The predicted molar refractivity (Wildman–Crippen MR) is 132 cm³/mol. The second-order valence-corrected chi connectivity index (χ2v) is 8.51. The van der Waals surface area contributed by atoms with Crippen LogP contribution in [0.2, 0.25) is 0 Å². The molecule has 0 aliphatic heterocycles. The average molecular weight is 553 g/mol. The highest BCUT2D eigenvalue weighted by Crippen LogP contribution is 2.06. The molecule has 0 spiro atoms. The van der Waals surface area contributed by atoms with Crippen LogP contribution in [-0.4, -0.2) is 92.7 Å². The molecule has 0 saturated carbocycles.